The Labute approximate surface area is 82.1 Å². The van der Waals surface area contributed by atoms with Gasteiger partial charge in [0.1, 0.15) is 0 Å². The fraction of sp³-hybridized carbons (Fsp3) is 0.333. The first-order valence-electron chi connectivity index (χ1n) is 4.47. The zero-order chi connectivity index (χ0) is 9.97. The third kappa shape index (κ3) is 1.76. The Morgan fingerprint density at radius 3 is 2.93 bits per heavy atom. The molecule has 0 unspecified atom stereocenters. The van der Waals surface area contributed by atoms with Crippen molar-refractivity contribution >= 4 is 5.69 Å². The molecule has 0 spiro atoms. The molecule has 0 aliphatic carbocycles. The molecule has 74 valence electrons. The van der Waals surface area contributed by atoms with Gasteiger partial charge in [0, 0.05) is 31.0 Å². The molecule has 5 heteroatoms. The highest BCUT2D eigenvalue weighted by Crippen LogP contribution is 2.08. The van der Waals surface area contributed by atoms with Crippen LogP contribution in [-0.2, 0) is 13.6 Å². The fourth-order valence-electron chi connectivity index (χ4n) is 1.26. The molecule has 14 heavy (non-hydrogen) atoms. The zero-order valence-electron chi connectivity index (χ0n) is 8.28. The van der Waals surface area contributed by atoms with E-state index >= 15 is 0 Å². The van der Waals surface area contributed by atoms with E-state index < -0.39 is 0 Å². The number of rotatable bonds is 3. The number of anilines is 1. The standard InChI is InChI=1S/C9H13N5/c1-7-8(4-11-13-7)3-10-9-5-12-14(2)6-9/h4-6,10H,3H2,1-2H3,(H,11,13). The number of hydrogen-bond donors (Lipinski definition) is 2. The molecule has 0 radical (unpaired) electrons. The molecular formula is C9H13N5. The van der Waals surface area contributed by atoms with Gasteiger partial charge in [-0.2, -0.15) is 10.2 Å². The maximum Gasteiger partial charge on any atom is 0.0729 e. The first-order chi connectivity index (χ1) is 6.75. The molecule has 2 rings (SSSR count). The van der Waals surface area contributed by atoms with E-state index in [-0.39, 0.29) is 0 Å². The van der Waals surface area contributed by atoms with Gasteiger partial charge in [-0.05, 0) is 6.92 Å². The minimum atomic E-state index is 0.772. The third-order valence-corrected chi connectivity index (χ3v) is 2.12. The van der Waals surface area contributed by atoms with Gasteiger partial charge in [0.25, 0.3) is 0 Å². The predicted octanol–water partition coefficient (Wildman–Crippen LogP) is 1.06. The molecule has 2 heterocycles. The fourth-order valence-corrected chi connectivity index (χ4v) is 1.26. The molecule has 5 nitrogen and oxygen atoms in total. The van der Waals surface area contributed by atoms with Crippen LogP contribution in [0.5, 0.6) is 0 Å². The zero-order valence-corrected chi connectivity index (χ0v) is 8.28. The second kappa shape index (κ2) is 3.53. The highest BCUT2D eigenvalue weighted by Gasteiger charge is 2.00. The molecular weight excluding hydrogens is 178 g/mol. The monoisotopic (exact) mass is 191 g/mol. The molecule has 0 bridgehead atoms. The van der Waals surface area contributed by atoms with E-state index in [0.717, 1.165) is 17.9 Å². The van der Waals surface area contributed by atoms with Crippen molar-refractivity contribution in [3.8, 4) is 0 Å². The molecule has 0 saturated carbocycles. The summed E-state index contributed by atoms with van der Waals surface area (Å²) < 4.78 is 1.77. The Morgan fingerprint density at radius 2 is 2.36 bits per heavy atom. The van der Waals surface area contributed by atoms with Crippen LogP contribution in [0, 0.1) is 6.92 Å². The lowest BCUT2D eigenvalue weighted by Gasteiger charge is -2.00. The lowest BCUT2D eigenvalue weighted by atomic mass is 10.2. The second-order valence-corrected chi connectivity index (χ2v) is 3.28. The minimum Gasteiger partial charge on any atom is -0.378 e. The van der Waals surface area contributed by atoms with Crippen molar-refractivity contribution < 1.29 is 0 Å². The summed E-state index contributed by atoms with van der Waals surface area (Å²) >= 11 is 0. The normalized spacial score (nSPS) is 10.4. The molecule has 0 aliphatic rings. The summed E-state index contributed by atoms with van der Waals surface area (Å²) in [6, 6.07) is 0. The summed E-state index contributed by atoms with van der Waals surface area (Å²) in [5, 5.41) is 14.2. The highest BCUT2D eigenvalue weighted by molar-refractivity contribution is 5.39. The van der Waals surface area contributed by atoms with Gasteiger partial charge < -0.3 is 5.32 Å². The summed E-state index contributed by atoms with van der Waals surface area (Å²) in [4.78, 5) is 0. The summed E-state index contributed by atoms with van der Waals surface area (Å²) in [7, 11) is 1.90. The Bertz CT molecular complexity index is 414. The smallest absolute Gasteiger partial charge is 0.0729 e. The van der Waals surface area contributed by atoms with E-state index in [1.165, 1.54) is 5.56 Å². The molecule has 0 amide bonds. The first kappa shape index (κ1) is 8.80. The van der Waals surface area contributed by atoms with Gasteiger partial charge in [0.2, 0.25) is 0 Å². The second-order valence-electron chi connectivity index (χ2n) is 3.28. The van der Waals surface area contributed by atoms with Gasteiger partial charge >= 0.3 is 0 Å². The van der Waals surface area contributed by atoms with Gasteiger partial charge in [-0.3, -0.25) is 9.78 Å². The lowest BCUT2D eigenvalue weighted by molar-refractivity contribution is 0.768. The molecule has 2 aromatic heterocycles. The Morgan fingerprint density at radius 1 is 1.50 bits per heavy atom. The van der Waals surface area contributed by atoms with Crippen molar-refractivity contribution in [3.63, 3.8) is 0 Å². The molecule has 2 aromatic rings. The van der Waals surface area contributed by atoms with Crippen molar-refractivity contribution in [1.82, 2.24) is 20.0 Å². The van der Waals surface area contributed by atoms with Gasteiger partial charge in [-0.15, -0.1) is 0 Å². The highest BCUT2D eigenvalue weighted by atomic mass is 15.3. The van der Waals surface area contributed by atoms with E-state index in [4.69, 9.17) is 0 Å². The van der Waals surface area contributed by atoms with E-state index in [1.54, 1.807) is 10.9 Å². The van der Waals surface area contributed by atoms with Crippen molar-refractivity contribution in [3.05, 3.63) is 29.8 Å². The van der Waals surface area contributed by atoms with E-state index in [9.17, 15) is 0 Å². The number of nitrogens with zero attached hydrogens (tertiary/aromatic N) is 3. The van der Waals surface area contributed by atoms with Crippen LogP contribution in [0.3, 0.4) is 0 Å². The molecule has 2 N–H and O–H groups in total. The van der Waals surface area contributed by atoms with Crippen LogP contribution >= 0.6 is 0 Å². The van der Waals surface area contributed by atoms with Crippen LogP contribution in [-0.4, -0.2) is 20.0 Å². The quantitative estimate of drug-likeness (QED) is 0.762. The molecule has 0 atom stereocenters. The van der Waals surface area contributed by atoms with E-state index in [1.807, 2.05) is 26.4 Å². The van der Waals surface area contributed by atoms with Crippen molar-refractivity contribution in [1.29, 1.82) is 0 Å². The lowest BCUT2D eigenvalue weighted by Crippen LogP contribution is -1.98. The number of nitrogens with one attached hydrogen (secondary N) is 2. The summed E-state index contributed by atoms with van der Waals surface area (Å²) in [6.45, 7) is 2.78. The van der Waals surface area contributed by atoms with Crippen LogP contribution in [0.4, 0.5) is 5.69 Å². The number of aryl methyl sites for hydroxylation is 2. The van der Waals surface area contributed by atoms with Gasteiger partial charge in [0.15, 0.2) is 0 Å². The van der Waals surface area contributed by atoms with Crippen LogP contribution in [0.2, 0.25) is 0 Å². The Kier molecular flexibility index (Phi) is 2.22. The Balaban J connectivity index is 1.98. The van der Waals surface area contributed by atoms with E-state index in [0.29, 0.717) is 0 Å². The largest absolute Gasteiger partial charge is 0.378 e. The van der Waals surface area contributed by atoms with Crippen LogP contribution < -0.4 is 5.32 Å². The molecule has 0 fully saturated rings. The minimum absolute atomic E-state index is 0.772. The summed E-state index contributed by atoms with van der Waals surface area (Å²) in [5.41, 5.74) is 3.29. The first-order valence-corrected chi connectivity index (χ1v) is 4.47. The third-order valence-electron chi connectivity index (χ3n) is 2.12. The molecule has 0 saturated heterocycles. The molecule has 0 aromatic carbocycles. The van der Waals surface area contributed by atoms with Crippen LogP contribution in [0.1, 0.15) is 11.3 Å². The topological polar surface area (TPSA) is 58.5 Å². The number of aromatic nitrogens is 4. The maximum atomic E-state index is 4.07. The van der Waals surface area contributed by atoms with E-state index in [2.05, 4.69) is 20.6 Å². The van der Waals surface area contributed by atoms with Crippen molar-refractivity contribution in [2.24, 2.45) is 7.05 Å². The average molecular weight is 191 g/mol. The average Bonchev–Trinajstić information content (AvgIpc) is 2.72. The number of aromatic amines is 1. The number of hydrogen-bond acceptors (Lipinski definition) is 3. The SMILES string of the molecule is Cc1[nH]ncc1CNc1cnn(C)c1. The Hall–Kier alpha value is -1.78. The molecule has 0 aliphatic heterocycles. The van der Waals surface area contributed by atoms with Crippen molar-refractivity contribution in [2.45, 2.75) is 13.5 Å². The van der Waals surface area contributed by atoms with Crippen LogP contribution in [0.15, 0.2) is 18.6 Å². The predicted molar refractivity (Wildman–Crippen MR) is 53.9 cm³/mol. The van der Waals surface area contributed by atoms with Gasteiger partial charge in [-0.25, -0.2) is 0 Å². The van der Waals surface area contributed by atoms with Gasteiger partial charge in [-0.1, -0.05) is 0 Å². The summed E-state index contributed by atoms with van der Waals surface area (Å²) in [5.74, 6) is 0. The van der Waals surface area contributed by atoms with Gasteiger partial charge in [0.05, 0.1) is 18.1 Å². The maximum absolute atomic E-state index is 4.07. The summed E-state index contributed by atoms with van der Waals surface area (Å²) in [6.07, 6.45) is 5.57. The number of H-pyrrole nitrogens is 1. The van der Waals surface area contributed by atoms with Crippen LogP contribution in [0.25, 0.3) is 0 Å². The van der Waals surface area contributed by atoms with Crippen molar-refractivity contribution in [2.75, 3.05) is 5.32 Å².